The second-order valence-electron chi connectivity index (χ2n) is 10.4. The summed E-state index contributed by atoms with van der Waals surface area (Å²) in [5.41, 5.74) is 7.09. The summed E-state index contributed by atoms with van der Waals surface area (Å²) in [6.45, 7) is 3.12. The van der Waals surface area contributed by atoms with Gasteiger partial charge in [-0.2, -0.15) is 5.10 Å². The number of primary amides is 1. The molecule has 12 nitrogen and oxygen atoms in total. The van der Waals surface area contributed by atoms with Gasteiger partial charge in [-0.25, -0.2) is 13.4 Å². The highest BCUT2D eigenvalue weighted by atomic mass is 35.5. The number of amides is 3. The molecule has 5 rings (SSSR count). The van der Waals surface area contributed by atoms with E-state index in [4.69, 9.17) is 17.3 Å². The number of rotatable bonds is 9. The predicted octanol–water partition coefficient (Wildman–Crippen LogP) is 1.52. The van der Waals surface area contributed by atoms with E-state index < -0.39 is 37.1 Å². The van der Waals surface area contributed by atoms with E-state index in [9.17, 15) is 22.8 Å². The summed E-state index contributed by atoms with van der Waals surface area (Å²) in [6.07, 6.45) is 2.14. The highest BCUT2D eigenvalue weighted by Gasteiger charge is 2.62. The van der Waals surface area contributed by atoms with Gasteiger partial charge in [0, 0.05) is 37.4 Å². The summed E-state index contributed by atoms with van der Waals surface area (Å²) in [4.78, 5) is 44.9. The van der Waals surface area contributed by atoms with Crippen molar-refractivity contribution in [2.75, 3.05) is 13.1 Å². The molecule has 1 aromatic carbocycles. The van der Waals surface area contributed by atoms with E-state index in [1.165, 1.54) is 24.9 Å². The fourth-order valence-corrected chi connectivity index (χ4v) is 7.23. The molecule has 4 N–H and O–H groups in total. The van der Waals surface area contributed by atoms with Gasteiger partial charge in [0.25, 0.3) is 11.8 Å². The lowest BCUT2D eigenvalue weighted by Crippen LogP contribution is -2.55. The summed E-state index contributed by atoms with van der Waals surface area (Å²) in [7, 11) is -4.00. The maximum Gasteiger partial charge on any atom is 0.287 e. The Labute approximate surface area is 229 Å². The molecule has 0 saturated heterocycles. The molecule has 206 valence electrons. The molecule has 1 aliphatic carbocycles. The van der Waals surface area contributed by atoms with Gasteiger partial charge in [-0.05, 0) is 50.5 Å². The van der Waals surface area contributed by atoms with Crippen LogP contribution in [0.5, 0.6) is 0 Å². The van der Waals surface area contributed by atoms with Gasteiger partial charge in [0.1, 0.15) is 16.1 Å². The van der Waals surface area contributed by atoms with Crippen LogP contribution >= 0.6 is 11.6 Å². The summed E-state index contributed by atoms with van der Waals surface area (Å²) < 4.78 is 25.4. The van der Waals surface area contributed by atoms with Gasteiger partial charge in [-0.3, -0.25) is 19.5 Å². The molecule has 2 aromatic heterocycles. The molecule has 2 aliphatic rings. The van der Waals surface area contributed by atoms with Gasteiger partial charge < -0.3 is 20.5 Å². The van der Waals surface area contributed by atoms with Gasteiger partial charge in [-0.1, -0.05) is 23.7 Å². The molecule has 1 saturated carbocycles. The number of carbonyl (C=O) groups is 3. The zero-order valence-electron chi connectivity index (χ0n) is 21.4. The van der Waals surface area contributed by atoms with Crippen molar-refractivity contribution in [1.29, 1.82) is 0 Å². The van der Waals surface area contributed by atoms with Crippen LogP contribution in [0.3, 0.4) is 0 Å². The van der Waals surface area contributed by atoms with Crippen molar-refractivity contribution in [2.24, 2.45) is 5.73 Å². The van der Waals surface area contributed by atoms with E-state index in [-0.39, 0.29) is 43.4 Å². The predicted molar refractivity (Wildman–Crippen MR) is 142 cm³/mol. The maximum atomic E-state index is 13.8. The first-order valence-electron chi connectivity index (χ1n) is 12.3. The van der Waals surface area contributed by atoms with E-state index in [0.717, 1.165) is 5.56 Å². The number of imidazole rings is 1. The minimum atomic E-state index is -4.00. The van der Waals surface area contributed by atoms with Gasteiger partial charge in [-0.15, -0.1) is 0 Å². The van der Waals surface area contributed by atoms with Crippen molar-refractivity contribution in [3.05, 3.63) is 58.6 Å². The van der Waals surface area contributed by atoms with Crippen molar-refractivity contribution < 1.29 is 22.8 Å². The fraction of sp³-hybridized carbons (Fsp3) is 0.400. The Morgan fingerprint density at radius 1 is 1.18 bits per heavy atom. The molecule has 14 heteroatoms. The second-order valence-corrected chi connectivity index (χ2v) is 13.7. The Bertz CT molecular complexity index is 1560. The average Bonchev–Trinajstić information content (AvgIpc) is 3.31. The van der Waals surface area contributed by atoms with Crippen molar-refractivity contribution >= 4 is 39.2 Å². The van der Waals surface area contributed by atoms with Gasteiger partial charge in [0.15, 0.2) is 15.7 Å². The first kappa shape index (κ1) is 26.9. The molecule has 1 aliphatic heterocycles. The standard InChI is InChI=1S/C25H28ClN7O5S/c1-24(2,23(27)36)39(37,38)25(8-9-25)14-32-11-12-33-19(22(32)35)18(17-7-10-29-31-17)30-20(33)21(34)28-13-15-3-5-16(26)6-4-15/h3-7,10H,8-9,11-14H2,1-2H3,(H2,27,36)(H,28,34)(H,29,31). The number of aromatic nitrogens is 4. The maximum absolute atomic E-state index is 13.8. The molecule has 3 aromatic rings. The summed E-state index contributed by atoms with van der Waals surface area (Å²) in [6, 6.07) is 8.67. The van der Waals surface area contributed by atoms with Gasteiger partial charge in [0.05, 0.1) is 10.4 Å². The molecule has 0 bridgehead atoms. The number of carbonyl (C=O) groups excluding carboxylic acids is 3. The normalized spacial score (nSPS) is 16.6. The number of H-pyrrole nitrogens is 1. The first-order valence-corrected chi connectivity index (χ1v) is 14.2. The molecule has 1 fully saturated rings. The Kier molecular flexibility index (Phi) is 6.54. The van der Waals surface area contributed by atoms with Crippen molar-refractivity contribution in [1.82, 2.24) is 30.0 Å². The summed E-state index contributed by atoms with van der Waals surface area (Å²) in [5, 5.41) is 10.1. The number of halogens is 1. The van der Waals surface area contributed by atoms with Crippen LogP contribution in [0.15, 0.2) is 36.5 Å². The van der Waals surface area contributed by atoms with E-state index >= 15 is 0 Å². The summed E-state index contributed by atoms with van der Waals surface area (Å²) >= 11 is 5.93. The second kappa shape index (κ2) is 9.49. The zero-order chi connectivity index (χ0) is 28.2. The largest absolute Gasteiger partial charge is 0.368 e. The molecular weight excluding hydrogens is 546 g/mol. The van der Waals surface area contributed by atoms with Crippen LogP contribution < -0.4 is 11.1 Å². The van der Waals surface area contributed by atoms with E-state index in [1.807, 2.05) is 0 Å². The SMILES string of the molecule is CC(C)(C(N)=O)S(=O)(=O)C1(CN2CCn3c(C(=O)NCc4ccc(Cl)cc4)nc(-c4ccn[nH]4)c3C2=O)CC1. The van der Waals surface area contributed by atoms with Gasteiger partial charge >= 0.3 is 0 Å². The molecule has 39 heavy (non-hydrogen) atoms. The third kappa shape index (κ3) is 4.48. The zero-order valence-corrected chi connectivity index (χ0v) is 23.0. The number of nitrogens with two attached hydrogens (primary N) is 1. The highest BCUT2D eigenvalue weighted by Crippen LogP contribution is 2.49. The van der Waals surface area contributed by atoms with Crippen LogP contribution in [0.2, 0.25) is 5.02 Å². The minimum Gasteiger partial charge on any atom is -0.368 e. The molecule has 0 radical (unpaired) electrons. The van der Waals surface area contributed by atoms with Crippen LogP contribution in [0.1, 0.15) is 53.4 Å². The van der Waals surface area contributed by atoms with Crippen LogP contribution in [-0.2, 0) is 27.7 Å². The Morgan fingerprint density at radius 2 is 1.87 bits per heavy atom. The summed E-state index contributed by atoms with van der Waals surface area (Å²) in [5.74, 6) is -1.82. The number of nitrogens with zero attached hydrogens (tertiary/aromatic N) is 4. The number of sulfone groups is 1. The van der Waals surface area contributed by atoms with Crippen LogP contribution in [0.25, 0.3) is 11.4 Å². The topological polar surface area (TPSA) is 173 Å². The third-order valence-electron chi connectivity index (χ3n) is 7.50. The fourth-order valence-electron chi connectivity index (χ4n) is 4.80. The Morgan fingerprint density at radius 3 is 2.46 bits per heavy atom. The highest BCUT2D eigenvalue weighted by molar-refractivity contribution is 7.95. The molecule has 0 atom stereocenters. The number of nitrogens with one attached hydrogen (secondary N) is 2. The van der Waals surface area contributed by atoms with E-state index in [1.54, 1.807) is 34.9 Å². The average molecular weight is 574 g/mol. The van der Waals surface area contributed by atoms with Crippen molar-refractivity contribution in [3.63, 3.8) is 0 Å². The minimum absolute atomic E-state index is 0.0557. The van der Waals surface area contributed by atoms with Crippen molar-refractivity contribution in [3.8, 4) is 11.4 Å². The monoisotopic (exact) mass is 573 g/mol. The van der Waals surface area contributed by atoms with Crippen LogP contribution in [0.4, 0.5) is 0 Å². The number of benzene rings is 1. The van der Waals surface area contributed by atoms with Crippen LogP contribution in [0, 0.1) is 0 Å². The molecule has 3 amide bonds. The molecule has 3 heterocycles. The van der Waals surface area contributed by atoms with Crippen LogP contribution in [-0.4, -0.2) is 73.4 Å². The third-order valence-corrected chi connectivity index (χ3v) is 11.0. The van der Waals surface area contributed by atoms with E-state index in [0.29, 0.717) is 23.6 Å². The quantitative estimate of drug-likeness (QED) is 0.348. The lowest BCUT2D eigenvalue weighted by Gasteiger charge is -2.34. The molecule has 0 unspecified atom stereocenters. The molecular formula is C25H28ClN7O5S. The number of fused-ring (bicyclic) bond motifs is 1. The molecule has 0 spiro atoms. The number of hydrogen-bond donors (Lipinski definition) is 3. The Balaban J connectivity index is 1.44. The lowest BCUT2D eigenvalue weighted by atomic mass is 10.2. The first-order chi connectivity index (χ1) is 18.4. The Hall–Kier alpha value is -3.71. The van der Waals surface area contributed by atoms with E-state index in [2.05, 4.69) is 20.5 Å². The number of hydrogen-bond acceptors (Lipinski definition) is 7. The van der Waals surface area contributed by atoms with Gasteiger partial charge in [0.2, 0.25) is 5.91 Å². The number of aromatic amines is 1. The lowest BCUT2D eigenvalue weighted by molar-refractivity contribution is -0.119. The smallest absolute Gasteiger partial charge is 0.287 e. The van der Waals surface area contributed by atoms with Crippen molar-refractivity contribution in [2.45, 2.75) is 49.3 Å².